The SMILES string of the molecule is CS(=O)(=O)NC1CCCN(C(=O)Nc2cccc(C#Cc3cccs3)c2)C1. The minimum absolute atomic E-state index is 0.238. The second-order valence-electron chi connectivity index (χ2n) is 6.41. The molecular formula is C19H21N3O3S2. The molecule has 0 aliphatic carbocycles. The molecule has 3 rings (SSSR count). The van der Waals surface area contributed by atoms with Crippen molar-refractivity contribution >= 4 is 33.1 Å². The first-order valence-corrected chi connectivity index (χ1v) is 11.3. The molecule has 1 aliphatic heterocycles. The molecule has 2 aromatic rings. The van der Waals surface area contributed by atoms with Crippen LogP contribution in [-0.4, -0.2) is 44.7 Å². The van der Waals surface area contributed by atoms with Crippen molar-refractivity contribution in [2.45, 2.75) is 18.9 Å². The number of sulfonamides is 1. The molecule has 27 heavy (non-hydrogen) atoms. The average molecular weight is 404 g/mol. The standard InChI is InChI=1S/C19H21N3O3S2/c1-27(24,25)21-17-7-3-11-22(14-17)19(23)20-16-6-2-5-15(13-16)9-10-18-8-4-12-26-18/h2,4-6,8,12-13,17,21H,3,7,11,14H2,1H3,(H,20,23). The van der Waals surface area contributed by atoms with Crippen molar-refractivity contribution in [1.82, 2.24) is 9.62 Å². The lowest BCUT2D eigenvalue weighted by Gasteiger charge is -2.32. The maximum Gasteiger partial charge on any atom is 0.321 e. The molecule has 1 aromatic heterocycles. The van der Waals surface area contributed by atoms with E-state index in [9.17, 15) is 13.2 Å². The third kappa shape index (κ3) is 6.10. The predicted molar refractivity (Wildman–Crippen MR) is 108 cm³/mol. The number of benzene rings is 1. The number of hydrogen-bond donors (Lipinski definition) is 2. The number of nitrogens with one attached hydrogen (secondary N) is 2. The first-order valence-electron chi connectivity index (χ1n) is 8.58. The lowest BCUT2D eigenvalue weighted by Crippen LogP contribution is -2.50. The van der Waals surface area contributed by atoms with Gasteiger partial charge in [0, 0.05) is 30.4 Å². The molecule has 1 atom stereocenters. The van der Waals surface area contributed by atoms with E-state index in [-0.39, 0.29) is 12.1 Å². The highest BCUT2D eigenvalue weighted by Gasteiger charge is 2.25. The molecular weight excluding hydrogens is 382 g/mol. The Balaban J connectivity index is 1.63. The van der Waals surface area contributed by atoms with Crippen LogP contribution in [0.4, 0.5) is 10.5 Å². The molecule has 2 N–H and O–H groups in total. The topological polar surface area (TPSA) is 78.5 Å². The van der Waals surface area contributed by atoms with E-state index in [1.807, 2.05) is 41.8 Å². The summed E-state index contributed by atoms with van der Waals surface area (Å²) in [5.74, 6) is 6.18. The van der Waals surface area contributed by atoms with E-state index in [2.05, 4.69) is 21.9 Å². The van der Waals surface area contributed by atoms with Crippen LogP contribution in [0, 0.1) is 11.8 Å². The Morgan fingerprint density at radius 1 is 1.26 bits per heavy atom. The molecule has 1 aliphatic rings. The highest BCUT2D eigenvalue weighted by atomic mass is 32.2. The van der Waals surface area contributed by atoms with Gasteiger partial charge in [-0.3, -0.25) is 0 Å². The summed E-state index contributed by atoms with van der Waals surface area (Å²) in [6, 6.07) is 10.8. The van der Waals surface area contributed by atoms with Gasteiger partial charge in [-0.2, -0.15) is 0 Å². The molecule has 1 saturated heterocycles. The molecule has 1 unspecified atom stereocenters. The fourth-order valence-electron chi connectivity index (χ4n) is 2.92. The summed E-state index contributed by atoms with van der Waals surface area (Å²) in [7, 11) is -3.29. The van der Waals surface area contributed by atoms with Crippen molar-refractivity contribution in [2.24, 2.45) is 0 Å². The van der Waals surface area contributed by atoms with Crippen molar-refractivity contribution in [3.63, 3.8) is 0 Å². The number of carbonyl (C=O) groups excluding carboxylic acids is 1. The maximum atomic E-state index is 12.5. The van der Waals surface area contributed by atoms with Gasteiger partial charge in [-0.1, -0.05) is 24.0 Å². The monoisotopic (exact) mass is 403 g/mol. The number of rotatable bonds is 3. The molecule has 2 amide bonds. The third-order valence-corrected chi connectivity index (χ3v) is 5.60. The van der Waals surface area contributed by atoms with Gasteiger partial charge in [-0.05, 0) is 42.5 Å². The van der Waals surface area contributed by atoms with Crippen molar-refractivity contribution in [3.05, 3.63) is 52.2 Å². The van der Waals surface area contributed by atoms with Gasteiger partial charge in [-0.25, -0.2) is 17.9 Å². The number of urea groups is 1. The number of amides is 2. The van der Waals surface area contributed by atoms with E-state index in [1.165, 1.54) is 0 Å². The first-order chi connectivity index (χ1) is 12.9. The van der Waals surface area contributed by atoms with E-state index in [4.69, 9.17) is 0 Å². The molecule has 1 aromatic carbocycles. The summed E-state index contributed by atoms with van der Waals surface area (Å²) in [6.07, 6.45) is 2.62. The van der Waals surface area contributed by atoms with Crippen molar-refractivity contribution in [2.75, 3.05) is 24.7 Å². The van der Waals surface area contributed by atoms with Crippen molar-refractivity contribution < 1.29 is 13.2 Å². The van der Waals surface area contributed by atoms with Crippen LogP contribution in [0.5, 0.6) is 0 Å². The fourth-order valence-corrected chi connectivity index (χ4v) is 4.29. The van der Waals surface area contributed by atoms with Crippen LogP contribution in [0.25, 0.3) is 0 Å². The van der Waals surface area contributed by atoms with Crippen LogP contribution in [-0.2, 0) is 10.0 Å². The number of anilines is 1. The Kier molecular flexibility index (Phi) is 6.16. The molecule has 8 heteroatoms. The smallest absolute Gasteiger partial charge is 0.321 e. The van der Waals surface area contributed by atoms with Gasteiger partial charge in [0.15, 0.2) is 0 Å². The summed E-state index contributed by atoms with van der Waals surface area (Å²) < 4.78 is 25.4. The largest absolute Gasteiger partial charge is 0.323 e. The summed E-state index contributed by atoms with van der Waals surface area (Å²) >= 11 is 1.58. The molecule has 0 radical (unpaired) electrons. The van der Waals surface area contributed by atoms with Gasteiger partial charge in [0.05, 0.1) is 11.1 Å². The summed E-state index contributed by atoms with van der Waals surface area (Å²) in [5.41, 5.74) is 1.48. The molecule has 1 fully saturated rings. The Morgan fingerprint density at radius 3 is 2.85 bits per heavy atom. The highest BCUT2D eigenvalue weighted by molar-refractivity contribution is 7.88. The molecule has 142 valence electrons. The third-order valence-electron chi connectivity index (χ3n) is 4.05. The number of hydrogen-bond acceptors (Lipinski definition) is 4. The minimum atomic E-state index is -3.29. The molecule has 2 heterocycles. The quantitative estimate of drug-likeness (QED) is 0.774. The van der Waals surface area contributed by atoms with E-state index >= 15 is 0 Å². The van der Waals surface area contributed by atoms with Gasteiger partial charge in [0.2, 0.25) is 10.0 Å². The zero-order chi connectivity index (χ0) is 19.3. The zero-order valence-electron chi connectivity index (χ0n) is 14.9. The van der Waals surface area contributed by atoms with E-state index < -0.39 is 10.0 Å². The second kappa shape index (κ2) is 8.57. The summed E-state index contributed by atoms with van der Waals surface area (Å²) in [6.45, 7) is 0.961. The Labute approximate surface area is 163 Å². The number of piperidine rings is 1. The van der Waals surface area contributed by atoms with Gasteiger partial charge in [0.25, 0.3) is 0 Å². The minimum Gasteiger partial charge on any atom is -0.323 e. The zero-order valence-corrected chi connectivity index (χ0v) is 16.6. The van der Waals surface area contributed by atoms with Crippen molar-refractivity contribution in [3.8, 4) is 11.8 Å². The van der Waals surface area contributed by atoms with E-state index in [0.717, 1.165) is 29.5 Å². The number of carbonyl (C=O) groups is 1. The number of likely N-dealkylation sites (tertiary alicyclic amines) is 1. The molecule has 0 saturated carbocycles. The van der Waals surface area contributed by atoms with Gasteiger partial charge >= 0.3 is 6.03 Å². The average Bonchev–Trinajstić information content (AvgIpc) is 3.13. The summed E-state index contributed by atoms with van der Waals surface area (Å²) in [4.78, 5) is 15.2. The second-order valence-corrected chi connectivity index (χ2v) is 9.14. The normalized spacial score (nSPS) is 17.1. The lowest BCUT2D eigenvalue weighted by atomic mass is 10.1. The summed E-state index contributed by atoms with van der Waals surface area (Å²) in [5, 5.41) is 4.85. The van der Waals surface area contributed by atoms with Crippen LogP contribution in [0.1, 0.15) is 23.3 Å². The number of nitrogens with zero attached hydrogens (tertiary/aromatic N) is 1. The van der Waals surface area contributed by atoms with Gasteiger partial charge in [0.1, 0.15) is 0 Å². The van der Waals surface area contributed by atoms with Crippen molar-refractivity contribution in [1.29, 1.82) is 0 Å². The van der Waals surface area contributed by atoms with Crippen LogP contribution in [0.2, 0.25) is 0 Å². The Bertz CT molecular complexity index is 960. The molecule has 0 bridgehead atoms. The maximum absolute atomic E-state index is 12.5. The van der Waals surface area contributed by atoms with E-state index in [1.54, 1.807) is 16.2 Å². The molecule has 6 nitrogen and oxygen atoms in total. The fraction of sp³-hybridized carbons (Fsp3) is 0.316. The van der Waals surface area contributed by atoms with Crippen LogP contribution < -0.4 is 10.0 Å². The Morgan fingerprint density at radius 2 is 2.11 bits per heavy atom. The van der Waals surface area contributed by atoms with E-state index in [0.29, 0.717) is 18.8 Å². The Hall–Kier alpha value is -2.34. The van der Waals surface area contributed by atoms with Crippen LogP contribution >= 0.6 is 11.3 Å². The van der Waals surface area contributed by atoms with Crippen LogP contribution in [0.3, 0.4) is 0 Å². The van der Waals surface area contributed by atoms with Gasteiger partial charge in [-0.15, -0.1) is 11.3 Å². The first kappa shape index (κ1) is 19.4. The van der Waals surface area contributed by atoms with Crippen LogP contribution in [0.15, 0.2) is 41.8 Å². The lowest BCUT2D eigenvalue weighted by molar-refractivity contribution is 0.190. The number of thiophene rings is 1. The highest BCUT2D eigenvalue weighted by Crippen LogP contribution is 2.15. The van der Waals surface area contributed by atoms with Gasteiger partial charge < -0.3 is 10.2 Å². The predicted octanol–water partition coefficient (Wildman–Crippen LogP) is 2.69. The molecule has 0 spiro atoms.